The largest absolute Gasteiger partial charge is 0.370 e. The average molecular weight is 297 g/mol. The van der Waals surface area contributed by atoms with E-state index in [1.165, 1.54) is 12.8 Å². The normalized spacial score (nSPS) is 12.9. The lowest BCUT2D eigenvalue weighted by Gasteiger charge is -2.09. The third kappa shape index (κ3) is 2.97. The van der Waals surface area contributed by atoms with Gasteiger partial charge in [-0.15, -0.1) is 0 Å². The van der Waals surface area contributed by atoms with Crippen LogP contribution in [0.3, 0.4) is 0 Å². The van der Waals surface area contributed by atoms with Crippen molar-refractivity contribution in [3.63, 3.8) is 0 Å². The molecule has 0 aliphatic rings. The van der Waals surface area contributed by atoms with Crippen LogP contribution >= 0.6 is 15.9 Å². The number of hydrogen-bond donors (Lipinski definition) is 1. The van der Waals surface area contributed by atoms with Crippen molar-refractivity contribution >= 4 is 27.4 Å². The molecule has 0 aliphatic heterocycles. The smallest absolute Gasteiger partial charge is 0.171 e. The number of nitrogens with zero attached hydrogens (tertiary/aromatic N) is 3. The lowest BCUT2D eigenvalue weighted by Crippen LogP contribution is -2.07. The van der Waals surface area contributed by atoms with Gasteiger partial charge in [-0.05, 0) is 34.3 Å². The highest BCUT2D eigenvalue weighted by molar-refractivity contribution is 9.10. The van der Waals surface area contributed by atoms with Gasteiger partial charge in [-0.3, -0.25) is 0 Å². The molecule has 2 aromatic heterocycles. The third-order valence-corrected chi connectivity index (χ3v) is 3.53. The van der Waals surface area contributed by atoms with Gasteiger partial charge in [-0.2, -0.15) is 5.10 Å². The van der Waals surface area contributed by atoms with Gasteiger partial charge >= 0.3 is 0 Å². The highest BCUT2D eigenvalue weighted by atomic mass is 79.9. The molecule has 0 saturated heterocycles. The standard InChI is InChI=1S/C12H17BrN4/c1-3-9(2)4-6-14-11-5-7-17-12(16-11)10(13)8-15-17/h5,7-9H,3-4,6H2,1-2H3,(H,14,16). The Morgan fingerprint density at radius 2 is 2.35 bits per heavy atom. The first-order chi connectivity index (χ1) is 8.20. The maximum absolute atomic E-state index is 4.50. The van der Waals surface area contributed by atoms with Crippen LogP contribution in [0.5, 0.6) is 0 Å². The van der Waals surface area contributed by atoms with Crippen LogP contribution in [0.25, 0.3) is 5.65 Å². The Hall–Kier alpha value is -1.10. The van der Waals surface area contributed by atoms with Crippen molar-refractivity contribution < 1.29 is 0 Å². The van der Waals surface area contributed by atoms with Gasteiger partial charge in [0.25, 0.3) is 0 Å². The highest BCUT2D eigenvalue weighted by Gasteiger charge is 2.04. The van der Waals surface area contributed by atoms with Crippen LogP contribution in [0, 0.1) is 5.92 Å². The Labute approximate surface area is 110 Å². The summed E-state index contributed by atoms with van der Waals surface area (Å²) in [7, 11) is 0. The zero-order valence-corrected chi connectivity index (χ0v) is 11.7. The molecular formula is C12H17BrN4. The Morgan fingerprint density at radius 3 is 3.12 bits per heavy atom. The summed E-state index contributed by atoms with van der Waals surface area (Å²) in [4.78, 5) is 4.50. The van der Waals surface area contributed by atoms with Crippen LogP contribution in [0.1, 0.15) is 26.7 Å². The van der Waals surface area contributed by atoms with E-state index in [2.05, 4.69) is 45.2 Å². The van der Waals surface area contributed by atoms with Crippen molar-refractivity contribution in [3.05, 3.63) is 22.9 Å². The van der Waals surface area contributed by atoms with Crippen molar-refractivity contribution in [1.82, 2.24) is 14.6 Å². The maximum atomic E-state index is 4.50. The molecule has 2 heterocycles. The molecule has 1 N–H and O–H groups in total. The van der Waals surface area contributed by atoms with Gasteiger partial charge in [0.1, 0.15) is 5.82 Å². The van der Waals surface area contributed by atoms with E-state index in [9.17, 15) is 0 Å². The molecule has 17 heavy (non-hydrogen) atoms. The van der Waals surface area contributed by atoms with E-state index < -0.39 is 0 Å². The number of hydrogen-bond acceptors (Lipinski definition) is 3. The Morgan fingerprint density at radius 1 is 1.53 bits per heavy atom. The number of anilines is 1. The number of aromatic nitrogens is 3. The van der Waals surface area contributed by atoms with Crippen LogP contribution in [-0.2, 0) is 0 Å². The fourth-order valence-corrected chi connectivity index (χ4v) is 1.95. The Balaban J connectivity index is 2.01. The van der Waals surface area contributed by atoms with E-state index in [0.29, 0.717) is 0 Å². The van der Waals surface area contributed by atoms with Crippen molar-refractivity contribution in [1.29, 1.82) is 0 Å². The zero-order chi connectivity index (χ0) is 12.3. The second-order valence-electron chi connectivity index (χ2n) is 4.30. The number of halogens is 1. The molecule has 0 saturated carbocycles. The number of rotatable bonds is 5. The predicted octanol–water partition coefficient (Wildman–Crippen LogP) is 3.34. The van der Waals surface area contributed by atoms with Gasteiger partial charge in [-0.1, -0.05) is 20.3 Å². The molecule has 1 unspecified atom stereocenters. The van der Waals surface area contributed by atoms with Gasteiger partial charge in [-0.25, -0.2) is 9.50 Å². The van der Waals surface area contributed by atoms with Gasteiger partial charge < -0.3 is 5.32 Å². The molecule has 4 nitrogen and oxygen atoms in total. The summed E-state index contributed by atoms with van der Waals surface area (Å²) in [5.74, 6) is 1.66. The van der Waals surface area contributed by atoms with Crippen molar-refractivity contribution in [2.45, 2.75) is 26.7 Å². The average Bonchev–Trinajstić information content (AvgIpc) is 2.71. The molecule has 0 aliphatic carbocycles. The SMILES string of the molecule is CCC(C)CCNc1ccn2ncc(Br)c2n1. The van der Waals surface area contributed by atoms with Crippen LogP contribution in [0.4, 0.5) is 5.82 Å². The van der Waals surface area contributed by atoms with Crippen molar-refractivity contribution in [2.24, 2.45) is 5.92 Å². The summed E-state index contributed by atoms with van der Waals surface area (Å²) < 4.78 is 2.67. The van der Waals surface area contributed by atoms with Crippen molar-refractivity contribution in [2.75, 3.05) is 11.9 Å². The summed E-state index contributed by atoms with van der Waals surface area (Å²) in [5.41, 5.74) is 0.846. The lowest BCUT2D eigenvalue weighted by molar-refractivity contribution is 0.531. The van der Waals surface area contributed by atoms with Crippen molar-refractivity contribution in [3.8, 4) is 0 Å². The molecule has 0 aromatic carbocycles. The highest BCUT2D eigenvalue weighted by Crippen LogP contribution is 2.17. The first kappa shape index (κ1) is 12.4. The van der Waals surface area contributed by atoms with Gasteiger partial charge in [0, 0.05) is 12.7 Å². The van der Waals surface area contributed by atoms with E-state index in [4.69, 9.17) is 0 Å². The van der Waals surface area contributed by atoms with Gasteiger partial charge in [0.2, 0.25) is 0 Å². The molecule has 2 rings (SSSR count). The summed E-state index contributed by atoms with van der Waals surface area (Å²) in [6, 6.07) is 1.95. The lowest BCUT2D eigenvalue weighted by atomic mass is 10.1. The van der Waals surface area contributed by atoms with Crippen LogP contribution in [-0.4, -0.2) is 21.1 Å². The van der Waals surface area contributed by atoms with Crippen LogP contribution in [0.2, 0.25) is 0 Å². The molecule has 0 fully saturated rings. The summed E-state index contributed by atoms with van der Waals surface area (Å²) in [5, 5.41) is 7.51. The summed E-state index contributed by atoms with van der Waals surface area (Å²) in [6.07, 6.45) is 6.07. The predicted molar refractivity (Wildman–Crippen MR) is 73.2 cm³/mol. The molecule has 0 radical (unpaired) electrons. The molecule has 5 heteroatoms. The topological polar surface area (TPSA) is 42.2 Å². The Bertz CT molecular complexity index is 494. The summed E-state index contributed by atoms with van der Waals surface area (Å²) in [6.45, 7) is 5.45. The molecule has 0 bridgehead atoms. The second-order valence-corrected chi connectivity index (χ2v) is 5.16. The molecule has 2 aromatic rings. The zero-order valence-electron chi connectivity index (χ0n) is 10.2. The van der Waals surface area contributed by atoms with Crippen LogP contribution < -0.4 is 5.32 Å². The molecule has 92 valence electrons. The molecule has 1 atom stereocenters. The molecule has 0 amide bonds. The number of fused-ring (bicyclic) bond motifs is 1. The third-order valence-electron chi connectivity index (χ3n) is 2.97. The fraction of sp³-hybridized carbons (Fsp3) is 0.500. The first-order valence-corrected chi connectivity index (χ1v) is 6.73. The molecule has 0 spiro atoms. The maximum Gasteiger partial charge on any atom is 0.171 e. The Kier molecular flexibility index (Phi) is 3.99. The van der Waals surface area contributed by atoms with Crippen LogP contribution in [0.15, 0.2) is 22.9 Å². The minimum absolute atomic E-state index is 0.757. The monoisotopic (exact) mass is 296 g/mol. The second kappa shape index (κ2) is 5.49. The number of nitrogens with one attached hydrogen (secondary N) is 1. The quantitative estimate of drug-likeness (QED) is 0.920. The minimum Gasteiger partial charge on any atom is -0.370 e. The van der Waals surface area contributed by atoms with Gasteiger partial charge in [0.15, 0.2) is 5.65 Å². The van der Waals surface area contributed by atoms with E-state index >= 15 is 0 Å². The fourth-order valence-electron chi connectivity index (χ4n) is 1.59. The van der Waals surface area contributed by atoms with E-state index in [1.54, 1.807) is 10.7 Å². The summed E-state index contributed by atoms with van der Waals surface area (Å²) >= 11 is 3.43. The first-order valence-electron chi connectivity index (χ1n) is 5.94. The van der Waals surface area contributed by atoms with Gasteiger partial charge in [0.05, 0.1) is 10.7 Å². The minimum atomic E-state index is 0.757. The molecular weight excluding hydrogens is 280 g/mol. The van der Waals surface area contributed by atoms with E-state index in [1.807, 2.05) is 12.3 Å². The van der Waals surface area contributed by atoms with E-state index in [-0.39, 0.29) is 0 Å². The van der Waals surface area contributed by atoms with E-state index in [0.717, 1.165) is 28.4 Å².